The Morgan fingerprint density at radius 3 is 2.41 bits per heavy atom. The number of nitro groups is 1. The van der Waals surface area contributed by atoms with E-state index in [0.29, 0.717) is 43.1 Å². The lowest BCUT2D eigenvalue weighted by molar-refractivity contribution is -0.384. The van der Waals surface area contributed by atoms with Gasteiger partial charge in [0, 0.05) is 44.0 Å². The number of carbonyl (C=O) groups excluding carboxylic acids is 1. The largest absolute Gasteiger partial charge is 0.362 e. The quantitative estimate of drug-likeness (QED) is 0.366. The van der Waals surface area contributed by atoms with Crippen LogP contribution < -0.4 is 4.90 Å². The van der Waals surface area contributed by atoms with Crippen LogP contribution in [0.2, 0.25) is 0 Å². The second-order valence-corrected chi connectivity index (χ2v) is 7.51. The van der Waals surface area contributed by atoms with Crippen molar-refractivity contribution in [1.82, 2.24) is 19.5 Å². The Kier molecular flexibility index (Phi) is 4.98. The fourth-order valence-electron chi connectivity index (χ4n) is 4.08. The van der Waals surface area contributed by atoms with E-state index in [0.717, 1.165) is 11.3 Å². The number of amides is 1. The van der Waals surface area contributed by atoms with Crippen molar-refractivity contribution in [2.45, 2.75) is 0 Å². The maximum Gasteiger partial charge on any atom is 0.292 e. The third-order valence-corrected chi connectivity index (χ3v) is 5.69. The number of hydrogen-bond acceptors (Lipinski definition) is 6. The lowest BCUT2D eigenvalue weighted by Gasteiger charge is -2.35. The third kappa shape index (κ3) is 3.43. The van der Waals surface area contributed by atoms with Crippen molar-refractivity contribution in [3.05, 3.63) is 88.7 Å². The SMILES string of the molecule is O=C(c1cnn2c(-c3ccccc3)ccnc12)N1CCN(c2ccccc2[N+](=O)[O-])CC1. The van der Waals surface area contributed by atoms with E-state index in [1.165, 1.54) is 6.07 Å². The minimum absolute atomic E-state index is 0.0764. The Bertz CT molecular complexity index is 1300. The van der Waals surface area contributed by atoms with Crippen LogP contribution in [-0.2, 0) is 0 Å². The molecular formula is C23H20N6O3. The first-order valence-corrected chi connectivity index (χ1v) is 10.3. The first-order chi connectivity index (χ1) is 15.6. The minimum Gasteiger partial charge on any atom is -0.362 e. The van der Waals surface area contributed by atoms with Gasteiger partial charge in [0.05, 0.1) is 16.8 Å². The smallest absolute Gasteiger partial charge is 0.292 e. The highest BCUT2D eigenvalue weighted by molar-refractivity contribution is 6.00. The number of carbonyl (C=O) groups is 1. The molecule has 0 atom stereocenters. The van der Waals surface area contributed by atoms with Crippen LogP contribution in [0.1, 0.15) is 10.4 Å². The van der Waals surface area contributed by atoms with Gasteiger partial charge >= 0.3 is 0 Å². The van der Waals surface area contributed by atoms with Gasteiger partial charge in [-0.1, -0.05) is 42.5 Å². The van der Waals surface area contributed by atoms with E-state index in [1.807, 2.05) is 41.3 Å². The molecular weight excluding hydrogens is 408 g/mol. The maximum atomic E-state index is 13.2. The zero-order valence-electron chi connectivity index (χ0n) is 17.2. The monoisotopic (exact) mass is 428 g/mol. The first-order valence-electron chi connectivity index (χ1n) is 10.3. The predicted molar refractivity (Wildman–Crippen MR) is 120 cm³/mol. The van der Waals surface area contributed by atoms with Crippen LogP contribution in [0.4, 0.5) is 11.4 Å². The fourth-order valence-corrected chi connectivity index (χ4v) is 4.08. The fraction of sp³-hybridized carbons (Fsp3) is 0.174. The number of rotatable bonds is 4. The number of nitrogens with zero attached hydrogens (tertiary/aromatic N) is 6. The summed E-state index contributed by atoms with van der Waals surface area (Å²) in [5.41, 5.74) is 3.46. The zero-order valence-corrected chi connectivity index (χ0v) is 17.2. The summed E-state index contributed by atoms with van der Waals surface area (Å²) in [6.07, 6.45) is 3.24. The van der Waals surface area contributed by atoms with Gasteiger partial charge in [-0.25, -0.2) is 9.50 Å². The Hall–Kier alpha value is -4.27. The van der Waals surface area contributed by atoms with E-state index in [-0.39, 0.29) is 16.5 Å². The molecule has 1 aliphatic heterocycles. The maximum absolute atomic E-state index is 13.2. The van der Waals surface area contributed by atoms with Crippen LogP contribution in [0.5, 0.6) is 0 Å². The second kappa shape index (κ2) is 8.10. The number of piperazine rings is 1. The molecule has 4 aromatic rings. The second-order valence-electron chi connectivity index (χ2n) is 7.51. The highest BCUT2D eigenvalue weighted by atomic mass is 16.6. The molecule has 9 heteroatoms. The molecule has 3 heterocycles. The molecule has 1 fully saturated rings. The van der Waals surface area contributed by atoms with Crippen LogP contribution in [0, 0.1) is 10.1 Å². The van der Waals surface area contributed by atoms with Crippen LogP contribution in [0.15, 0.2) is 73.1 Å². The number of anilines is 1. The molecule has 1 amide bonds. The van der Waals surface area contributed by atoms with Gasteiger partial charge in [-0.3, -0.25) is 14.9 Å². The van der Waals surface area contributed by atoms with E-state index in [4.69, 9.17) is 0 Å². The van der Waals surface area contributed by atoms with Crippen LogP contribution in [0.3, 0.4) is 0 Å². The van der Waals surface area contributed by atoms with Crippen molar-refractivity contribution in [3.63, 3.8) is 0 Å². The van der Waals surface area contributed by atoms with Crippen molar-refractivity contribution in [2.24, 2.45) is 0 Å². The summed E-state index contributed by atoms with van der Waals surface area (Å²) in [5, 5.41) is 15.8. The molecule has 5 rings (SSSR count). The number of benzene rings is 2. The zero-order chi connectivity index (χ0) is 22.1. The van der Waals surface area contributed by atoms with Gasteiger partial charge < -0.3 is 9.80 Å². The summed E-state index contributed by atoms with van der Waals surface area (Å²) in [7, 11) is 0. The molecule has 0 radical (unpaired) electrons. The van der Waals surface area contributed by atoms with E-state index in [2.05, 4.69) is 10.1 Å². The van der Waals surface area contributed by atoms with Crippen LogP contribution >= 0.6 is 0 Å². The van der Waals surface area contributed by atoms with E-state index in [9.17, 15) is 14.9 Å². The van der Waals surface area contributed by atoms with Crippen molar-refractivity contribution in [2.75, 3.05) is 31.1 Å². The lowest BCUT2D eigenvalue weighted by Crippen LogP contribution is -2.49. The molecule has 0 aliphatic carbocycles. The molecule has 0 saturated carbocycles. The molecule has 2 aromatic carbocycles. The molecule has 2 aromatic heterocycles. The number of fused-ring (bicyclic) bond motifs is 1. The van der Waals surface area contributed by atoms with Crippen molar-refractivity contribution in [3.8, 4) is 11.3 Å². The molecule has 1 saturated heterocycles. The molecule has 0 N–H and O–H groups in total. The molecule has 0 bridgehead atoms. The summed E-state index contributed by atoms with van der Waals surface area (Å²) in [6, 6.07) is 18.4. The van der Waals surface area contributed by atoms with Crippen LogP contribution in [0.25, 0.3) is 16.9 Å². The molecule has 0 unspecified atom stereocenters. The Labute approximate surface area is 183 Å². The van der Waals surface area contributed by atoms with E-state index >= 15 is 0 Å². The van der Waals surface area contributed by atoms with Gasteiger partial charge in [-0.2, -0.15) is 5.10 Å². The standard InChI is InChI=1S/C23H20N6O3/c30-23(27-14-12-26(13-15-27)20-8-4-5-9-21(20)29(31)32)18-16-25-28-19(10-11-24-22(18)28)17-6-2-1-3-7-17/h1-11,16H,12-15H2. The predicted octanol–water partition coefficient (Wildman–Crippen LogP) is 3.27. The molecule has 32 heavy (non-hydrogen) atoms. The van der Waals surface area contributed by atoms with Crippen molar-refractivity contribution >= 4 is 22.9 Å². The van der Waals surface area contributed by atoms with Gasteiger partial charge in [0.25, 0.3) is 11.6 Å². The normalized spacial score (nSPS) is 14.0. The van der Waals surface area contributed by atoms with Gasteiger partial charge in [-0.15, -0.1) is 0 Å². The average Bonchev–Trinajstić information content (AvgIpc) is 3.28. The molecule has 160 valence electrons. The Morgan fingerprint density at radius 1 is 0.938 bits per heavy atom. The number of aromatic nitrogens is 3. The summed E-state index contributed by atoms with van der Waals surface area (Å²) >= 11 is 0. The summed E-state index contributed by atoms with van der Waals surface area (Å²) in [4.78, 5) is 32.3. The third-order valence-electron chi connectivity index (χ3n) is 5.69. The number of nitro benzene ring substituents is 1. The van der Waals surface area contributed by atoms with Crippen molar-refractivity contribution < 1.29 is 9.72 Å². The highest BCUT2D eigenvalue weighted by Crippen LogP contribution is 2.29. The lowest BCUT2D eigenvalue weighted by atomic mass is 10.1. The highest BCUT2D eigenvalue weighted by Gasteiger charge is 2.28. The van der Waals surface area contributed by atoms with E-state index in [1.54, 1.807) is 40.0 Å². The Balaban J connectivity index is 1.37. The van der Waals surface area contributed by atoms with Crippen LogP contribution in [-0.4, -0.2) is 56.5 Å². The number of hydrogen-bond donors (Lipinski definition) is 0. The van der Waals surface area contributed by atoms with Gasteiger partial charge in [0.1, 0.15) is 11.3 Å². The van der Waals surface area contributed by atoms with Gasteiger partial charge in [0.2, 0.25) is 0 Å². The number of para-hydroxylation sites is 2. The first kappa shape index (κ1) is 19.7. The van der Waals surface area contributed by atoms with Crippen molar-refractivity contribution in [1.29, 1.82) is 0 Å². The summed E-state index contributed by atoms with van der Waals surface area (Å²) in [6.45, 7) is 1.94. The molecule has 0 spiro atoms. The molecule has 9 nitrogen and oxygen atoms in total. The average molecular weight is 428 g/mol. The summed E-state index contributed by atoms with van der Waals surface area (Å²) < 4.78 is 1.69. The topological polar surface area (TPSA) is 96.9 Å². The Morgan fingerprint density at radius 2 is 1.66 bits per heavy atom. The summed E-state index contributed by atoms with van der Waals surface area (Å²) in [5.74, 6) is -0.139. The van der Waals surface area contributed by atoms with E-state index < -0.39 is 0 Å². The minimum atomic E-state index is -0.373. The van der Waals surface area contributed by atoms with Gasteiger partial charge in [0.15, 0.2) is 5.65 Å². The molecule has 1 aliphatic rings. The van der Waals surface area contributed by atoms with Gasteiger partial charge in [-0.05, 0) is 12.1 Å².